The van der Waals surface area contributed by atoms with E-state index in [0.717, 1.165) is 34.5 Å². The molecule has 1 saturated heterocycles. The molecule has 1 atom stereocenters. The van der Waals surface area contributed by atoms with Gasteiger partial charge in [-0.3, -0.25) is 9.59 Å². The van der Waals surface area contributed by atoms with Crippen molar-refractivity contribution < 1.29 is 19.1 Å². The largest absolute Gasteiger partial charge is 0.454 e. The second-order valence-corrected chi connectivity index (χ2v) is 7.31. The summed E-state index contributed by atoms with van der Waals surface area (Å²) in [6.07, 6.45) is 1.08. The molecule has 6 heteroatoms. The molecule has 0 saturated carbocycles. The second-order valence-electron chi connectivity index (χ2n) is 7.31. The fraction of sp³-hybridized carbons (Fsp3) is 0.364. The molecule has 2 aromatic rings. The van der Waals surface area contributed by atoms with Gasteiger partial charge in [-0.2, -0.15) is 0 Å². The lowest BCUT2D eigenvalue weighted by atomic mass is 10.0. The Bertz CT molecular complexity index is 925. The summed E-state index contributed by atoms with van der Waals surface area (Å²) in [4.78, 5) is 27.0. The van der Waals surface area contributed by atoms with E-state index in [2.05, 4.69) is 12.2 Å². The van der Waals surface area contributed by atoms with Crippen LogP contribution in [0.2, 0.25) is 0 Å². The van der Waals surface area contributed by atoms with Crippen LogP contribution in [-0.2, 0) is 22.6 Å². The van der Waals surface area contributed by atoms with E-state index < -0.39 is 0 Å². The smallest absolute Gasteiger partial charge is 0.231 e. The fourth-order valence-electron chi connectivity index (χ4n) is 3.79. The molecule has 2 aromatic carbocycles. The molecular formula is C22H24N2O4. The van der Waals surface area contributed by atoms with Crippen molar-refractivity contribution in [1.29, 1.82) is 0 Å². The minimum Gasteiger partial charge on any atom is -0.454 e. The predicted molar refractivity (Wildman–Crippen MR) is 105 cm³/mol. The molecule has 1 N–H and O–H groups in total. The van der Waals surface area contributed by atoms with Crippen LogP contribution in [0.4, 0.5) is 5.69 Å². The van der Waals surface area contributed by atoms with Gasteiger partial charge in [0.2, 0.25) is 18.6 Å². The van der Waals surface area contributed by atoms with E-state index >= 15 is 0 Å². The first-order chi connectivity index (χ1) is 13.5. The summed E-state index contributed by atoms with van der Waals surface area (Å²) in [6, 6.07) is 11.7. The first-order valence-corrected chi connectivity index (χ1v) is 9.60. The van der Waals surface area contributed by atoms with Gasteiger partial charge in [-0.25, -0.2) is 0 Å². The van der Waals surface area contributed by atoms with Gasteiger partial charge >= 0.3 is 0 Å². The lowest BCUT2D eigenvalue weighted by molar-refractivity contribution is -0.128. The Kier molecular flexibility index (Phi) is 4.94. The monoisotopic (exact) mass is 380 g/mol. The van der Waals surface area contributed by atoms with E-state index in [1.54, 1.807) is 4.90 Å². The van der Waals surface area contributed by atoms with E-state index in [0.29, 0.717) is 18.8 Å². The molecule has 28 heavy (non-hydrogen) atoms. The van der Waals surface area contributed by atoms with Gasteiger partial charge in [0.1, 0.15) is 0 Å². The number of amides is 2. The molecule has 2 amide bonds. The molecule has 1 fully saturated rings. The number of nitrogens with zero attached hydrogens (tertiary/aromatic N) is 1. The van der Waals surface area contributed by atoms with Crippen LogP contribution < -0.4 is 14.8 Å². The van der Waals surface area contributed by atoms with Crippen LogP contribution in [0.15, 0.2) is 36.4 Å². The van der Waals surface area contributed by atoms with Crippen molar-refractivity contribution in [2.24, 2.45) is 5.92 Å². The van der Waals surface area contributed by atoms with E-state index in [1.807, 2.05) is 43.3 Å². The van der Waals surface area contributed by atoms with Gasteiger partial charge in [0.05, 0.1) is 5.92 Å². The van der Waals surface area contributed by atoms with Crippen molar-refractivity contribution in [2.45, 2.75) is 33.2 Å². The summed E-state index contributed by atoms with van der Waals surface area (Å²) in [5, 5.41) is 3.06. The average molecular weight is 380 g/mol. The summed E-state index contributed by atoms with van der Waals surface area (Å²) in [5.41, 5.74) is 3.98. The number of carbonyl (C=O) groups is 2. The molecule has 2 aliphatic rings. The highest BCUT2D eigenvalue weighted by Gasteiger charge is 2.34. The fourth-order valence-corrected chi connectivity index (χ4v) is 3.79. The number of ether oxygens (including phenoxy) is 2. The SMILES string of the molecule is CCc1cccc(C)c1NC(=O)C1CC(=O)N(Cc2ccc3c(c2)OCO3)C1. The number of rotatable bonds is 5. The van der Waals surface area contributed by atoms with Crippen LogP contribution >= 0.6 is 0 Å². The summed E-state index contributed by atoms with van der Waals surface area (Å²) < 4.78 is 10.7. The number of carbonyl (C=O) groups excluding carboxylic acids is 2. The molecule has 0 bridgehead atoms. The zero-order chi connectivity index (χ0) is 19.7. The van der Waals surface area contributed by atoms with Gasteiger partial charge < -0.3 is 19.7 Å². The minimum absolute atomic E-state index is 0.00156. The highest BCUT2D eigenvalue weighted by Crippen LogP contribution is 2.33. The molecule has 1 unspecified atom stereocenters. The van der Waals surface area contributed by atoms with Gasteiger partial charge in [-0.1, -0.05) is 31.2 Å². The lowest BCUT2D eigenvalue weighted by Crippen LogP contribution is -2.28. The zero-order valence-corrected chi connectivity index (χ0v) is 16.2. The third kappa shape index (κ3) is 3.54. The summed E-state index contributed by atoms with van der Waals surface area (Å²) in [5.74, 6) is 0.985. The Hall–Kier alpha value is -3.02. The van der Waals surface area contributed by atoms with Crippen molar-refractivity contribution >= 4 is 17.5 Å². The first kappa shape index (κ1) is 18.3. The number of para-hydroxylation sites is 1. The van der Waals surface area contributed by atoms with Crippen LogP contribution in [0.5, 0.6) is 11.5 Å². The molecule has 6 nitrogen and oxygen atoms in total. The quantitative estimate of drug-likeness (QED) is 0.864. The van der Waals surface area contributed by atoms with E-state index in [-0.39, 0.29) is 30.9 Å². The molecule has 4 rings (SSSR count). The average Bonchev–Trinajstić information content (AvgIpc) is 3.30. The standard InChI is InChI=1S/C22H24N2O4/c1-3-16-6-4-5-14(2)21(16)23-22(26)17-10-20(25)24(12-17)11-15-7-8-18-19(9-15)28-13-27-18/h4-9,17H,3,10-13H2,1-2H3,(H,23,26). The van der Waals surface area contributed by atoms with E-state index in [1.165, 1.54) is 0 Å². The highest BCUT2D eigenvalue weighted by atomic mass is 16.7. The molecule has 0 radical (unpaired) electrons. The third-order valence-corrected chi connectivity index (χ3v) is 5.38. The van der Waals surface area contributed by atoms with Crippen LogP contribution in [0.25, 0.3) is 0 Å². The van der Waals surface area contributed by atoms with Gasteiger partial charge in [0, 0.05) is 25.2 Å². The Morgan fingerprint density at radius 2 is 2.04 bits per heavy atom. The molecular weight excluding hydrogens is 356 g/mol. The summed E-state index contributed by atoms with van der Waals surface area (Å²) >= 11 is 0. The number of fused-ring (bicyclic) bond motifs is 1. The van der Waals surface area contributed by atoms with Crippen molar-refractivity contribution in [3.05, 3.63) is 53.1 Å². The Morgan fingerprint density at radius 3 is 2.86 bits per heavy atom. The Balaban J connectivity index is 1.42. The number of anilines is 1. The Morgan fingerprint density at radius 1 is 1.21 bits per heavy atom. The maximum Gasteiger partial charge on any atom is 0.231 e. The number of nitrogens with one attached hydrogen (secondary N) is 1. The minimum atomic E-state index is -0.342. The number of likely N-dealkylation sites (tertiary alicyclic amines) is 1. The molecule has 2 heterocycles. The van der Waals surface area contributed by atoms with E-state index in [4.69, 9.17) is 9.47 Å². The van der Waals surface area contributed by atoms with Crippen molar-refractivity contribution in [1.82, 2.24) is 4.90 Å². The number of benzene rings is 2. The topological polar surface area (TPSA) is 67.9 Å². The first-order valence-electron chi connectivity index (χ1n) is 9.60. The van der Waals surface area contributed by atoms with Crippen LogP contribution in [0.3, 0.4) is 0 Å². The Labute approximate surface area is 164 Å². The van der Waals surface area contributed by atoms with Crippen LogP contribution in [0.1, 0.15) is 30.0 Å². The zero-order valence-electron chi connectivity index (χ0n) is 16.2. The van der Waals surface area contributed by atoms with Crippen molar-refractivity contribution in [2.75, 3.05) is 18.7 Å². The van der Waals surface area contributed by atoms with Crippen molar-refractivity contribution in [3.63, 3.8) is 0 Å². The van der Waals surface area contributed by atoms with Crippen LogP contribution in [-0.4, -0.2) is 30.1 Å². The number of hydrogen-bond donors (Lipinski definition) is 1. The van der Waals surface area contributed by atoms with Gasteiger partial charge in [-0.05, 0) is 42.2 Å². The normalized spacial score (nSPS) is 17.9. The predicted octanol–water partition coefficient (Wildman–Crippen LogP) is 3.27. The molecule has 146 valence electrons. The third-order valence-electron chi connectivity index (χ3n) is 5.38. The molecule has 0 aromatic heterocycles. The lowest BCUT2D eigenvalue weighted by Gasteiger charge is -2.18. The second kappa shape index (κ2) is 7.54. The number of hydrogen-bond acceptors (Lipinski definition) is 4. The van der Waals surface area contributed by atoms with E-state index in [9.17, 15) is 9.59 Å². The van der Waals surface area contributed by atoms with Gasteiger partial charge in [0.15, 0.2) is 11.5 Å². The van der Waals surface area contributed by atoms with Crippen molar-refractivity contribution in [3.8, 4) is 11.5 Å². The maximum absolute atomic E-state index is 12.8. The number of aryl methyl sites for hydroxylation is 2. The van der Waals surface area contributed by atoms with Crippen LogP contribution in [0, 0.1) is 12.8 Å². The molecule has 0 aliphatic carbocycles. The molecule has 2 aliphatic heterocycles. The summed E-state index contributed by atoms with van der Waals surface area (Å²) in [7, 11) is 0. The van der Waals surface area contributed by atoms with Gasteiger partial charge in [-0.15, -0.1) is 0 Å². The van der Waals surface area contributed by atoms with Gasteiger partial charge in [0.25, 0.3) is 0 Å². The maximum atomic E-state index is 12.8. The highest BCUT2D eigenvalue weighted by molar-refractivity contribution is 5.98. The summed E-state index contributed by atoms with van der Waals surface area (Å²) in [6.45, 7) is 5.16. The molecule has 0 spiro atoms.